The quantitative estimate of drug-likeness (QED) is 0.758. The minimum Gasteiger partial charge on any atom is -0.265 e. The number of rotatable bonds is 5. The van der Waals surface area contributed by atoms with Crippen LogP contribution in [0.15, 0.2) is 72.0 Å². The second-order valence-electron chi connectivity index (χ2n) is 5.04. The molecule has 0 aliphatic carbocycles. The summed E-state index contributed by atoms with van der Waals surface area (Å²) in [6.07, 6.45) is 4.88. The highest BCUT2D eigenvalue weighted by molar-refractivity contribution is 7.89. The van der Waals surface area contributed by atoms with Crippen molar-refractivity contribution >= 4 is 21.6 Å². The summed E-state index contributed by atoms with van der Waals surface area (Å²) in [5.41, 5.74) is 2.21. The molecular formula is C17H14ClN3O2S. The zero-order valence-electron chi connectivity index (χ0n) is 12.6. The largest absolute Gasteiger partial charge is 0.265 e. The summed E-state index contributed by atoms with van der Waals surface area (Å²) in [6, 6.07) is 13.5. The van der Waals surface area contributed by atoms with Crippen LogP contribution in [0.3, 0.4) is 0 Å². The molecule has 0 bridgehead atoms. The van der Waals surface area contributed by atoms with Gasteiger partial charge in [-0.25, -0.2) is 13.1 Å². The molecule has 0 saturated carbocycles. The van der Waals surface area contributed by atoms with Gasteiger partial charge in [0.15, 0.2) is 0 Å². The van der Waals surface area contributed by atoms with Gasteiger partial charge < -0.3 is 0 Å². The Balaban J connectivity index is 1.78. The van der Waals surface area contributed by atoms with Crippen molar-refractivity contribution in [3.63, 3.8) is 0 Å². The molecule has 1 aromatic carbocycles. The third-order valence-corrected chi connectivity index (χ3v) is 5.13. The van der Waals surface area contributed by atoms with E-state index < -0.39 is 10.0 Å². The molecule has 5 nitrogen and oxygen atoms in total. The van der Waals surface area contributed by atoms with Gasteiger partial charge in [0.2, 0.25) is 10.0 Å². The highest BCUT2D eigenvalue weighted by atomic mass is 35.5. The van der Waals surface area contributed by atoms with E-state index in [0.29, 0.717) is 10.7 Å². The summed E-state index contributed by atoms with van der Waals surface area (Å²) in [4.78, 5) is 8.30. The van der Waals surface area contributed by atoms with E-state index in [4.69, 9.17) is 11.6 Å². The Morgan fingerprint density at radius 3 is 2.33 bits per heavy atom. The first kappa shape index (κ1) is 16.6. The number of aromatic nitrogens is 2. The Labute approximate surface area is 145 Å². The molecule has 122 valence electrons. The first-order valence-electron chi connectivity index (χ1n) is 7.16. The first-order valence-corrected chi connectivity index (χ1v) is 9.02. The SMILES string of the molecule is O=S(=O)(NCc1ccncc1)c1ccc(-c2ncccc2Cl)cc1. The summed E-state index contributed by atoms with van der Waals surface area (Å²) in [7, 11) is -3.59. The fourth-order valence-electron chi connectivity index (χ4n) is 2.15. The average Bonchev–Trinajstić information content (AvgIpc) is 2.62. The Hall–Kier alpha value is -2.28. The predicted molar refractivity (Wildman–Crippen MR) is 92.9 cm³/mol. The summed E-state index contributed by atoms with van der Waals surface area (Å²) in [5, 5.41) is 0.518. The second kappa shape index (κ2) is 7.09. The second-order valence-corrected chi connectivity index (χ2v) is 7.21. The van der Waals surface area contributed by atoms with Gasteiger partial charge >= 0.3 is 0 Å². The van der Waals surface area contributed by atoms with Gasteiger partial charge in [-0.15, -0.1) is 0 Å². The van der Waals surface area contributed by atoms with Crippen LogP contribution in [-0.4, -0.2) is 18.4 Å². The predicted octanol–water partition coefficient (Wildman–Crippen LogP) is 3.28. The lowest BCUT2D eigenvalue weighted by molar-refractivity contribution is 0.581. The molecule has 0 saturated heterocycles. The van der Waals surface area contributed by atoms with Crippen molar-refractivity contribution in [1.82, 2.24) is 14.7 Å². The molecule has 3 rings (SSSR count). The van der Waals surface area contributed by atoms with E-state index in [0.717, 1.165) is 11.1 Å². The average molecular weight is 360 g/mol. The molecule has 7 heteroatoms. The molecule has 24 heavy (non-hydrogen) atoms. The summed E-state index contributed by atoms with van der Waals surface area (Å²) < 4.78 is 27.3. The minimum atomic E-state index is -3.59. The molecule has 2 heterocycles. The number of halogens is 1. The number of hydrogen-bond acceptors (Lipinski definition) is 4. The lowest BCUT2D eigenvalue weighted by atomic mass is 10.1. The van der Waals surface area contributed by atoms with Gasteiger partial charge in [0.1, 0.15) is 0 Å². The molecule has 3 aromatic rings. The maximum Gasteiger partial charge on any atom is 0.240 e. The number of nitrogens with zero attached hydrogens (tertiary/aromatic N) is 2. The van der Waals surface area contributed by atoms with Crippen LogP contribution < -0.4 is 4.72 Å². The van der Waals surface area contributed by atoms with Gasteiger partial charge in [-0.1, -0.05) is 23.7 Å². The first-order chi connectivity index (χ1) is 11.6. The Bertz CT molecular complexity index is 930. The van der Waals surface area contributed by atoms with Crippen LogP contribution in [-0.2, 0) is 16.6 Å². The van der Waals surface area contributed by atoms with Crippen LogP contribution in [0.1, 0.15) is 5.56 Å². The number of nitrogens with one attached hydrogen (secondary N) is 1. The zero-order valence-corrected chi connectivity index (χ0v) is 14.1. The van der Waals surface area contributed by atoms with Gasteiger partial charge in [-0.05, 0) is 42.0 Å². The van der Waals surface area contributed by atoms with E-state index in [1.54, 1.807) is 55.0 Å². The van der Waals surface area contributed by atoms with Crippen LogP contribution in [0.25, 0.3) is 11.3 Å². The number of sulfonamides is 1. The molecule has 1 N–H and O–H groups in total. The van der Waals surface area contributed by atoms with Crippen molar-refractivity contribution in [2.24, 2.45) is 0 Å². The molecule has 0 unspecified atom stereocenters. The standard InChI is InChI=1S/C17H14ClN3O2S/c18-16-2-1-9-20-17(16)14-3-5-15(6-4-14)24(22,23)21-12-13-7-10-19-11-8-13/h1-11,21H,12H2. The molecule has 0 radical (unpaired) electrons. The normalized spacial score (nSPS) is 11.4. The summed E-state index contributed by atoms with van der Waals surface area (Å²) in [5.74, 6) is 0. The zero-order chi connectivity index (χ0) is 17.0. The van der Waals surface area contributed by atoms with Gasteiger partial charge in [0.05, 0.1) is 15.6 Å². The van der Waals surface area contributed by atoms with Crippen molar-refractivity contribution in [3.05, 3.63) is 77.7 Å². The Morgan fingerprint density at radius 2 is 1.67 bits per heavy atom. The topological polar surface area (TPSA) is 72.0 Å². The van der Waals surface area contributed by atoms with E-state index in [-0.39, 0.29) is 11.4 Å². The van der Waals surface area contributed by atoms with E-state index in [2.05, 4.69) is 14.7 Å². The highest BCUT2D eigenvalue weighted by Crippen LogP contribution is 2.26. The number of pyridine rings is 2. The summed E-state index contributed by atoms with van der Waals surface area (Å²) in [6.45, 7) is 0.207. The summed E-state index contributed by atoms with van der Waals surface area (Å²) >= 11 is 6.11. The molecule has 0 fully saturated rings. The van der Waals surface area contributed by atoms with Crippen LogP contribution in [0.5, 0.6) is 0 Å². The fourth-order valence-corrected chi connectivity index (χ4v) is 3.40. The van der Waals surface area contributed by atoms with Gasteiger partial charge in [-0.3, -0.25) is 9.97 Å². The lowest BCUT2D eigenvalue weighted by Crippen LogP contribution is -2.23. The van der Waals surface area contributed by atoms with Crippen LogP contribution >= 0.6 is 11.6 Å². The van der Waals surface area contributed by atoms with Crippen molar-refractivity contribution < 1.29 is 8.42 Å². The fraction of sp³-hybridized carbons (Fsp3) is 0.0588. The minimum absolute atomic E-state index is 0.187. The molecule has 0 amide bonds. The highest BCUT2D eigenvalue weighted by Gasteiger charge is 2.14. The maximum atomic E-state index is 12.4. The van der Waals surface area contributed by atoms with Gasteiger partial charge in [0, 0.05) is 30.7 Å². The Kier molecular flexibility index (Phi) is 4.89. The number of benzene rings is 1. The smallest absolute Gasteiger partial charge is 0.240 e. The molecule has 2 aromatic heterocycles. The van der Waals surface area contributed by atoms with Gasteiger partial charge in [-0.2, -0.15) is 0 Å². The lowest BCUT2D eigenvalue weighted by Gasteiger charge is -2.08. The number of hydrogen-bond donors (Lipinski definition) is 1. The monoisotopic (exact) mass is 359 g/mol. The molecule has 0 spiro atoms. The van der Waals surface area contributed by atoms with Gasteiger partial charge in [0.25, 0.3) is 0 Å². The molecule has 0 aliphatic rings. The van der Waals surface area contributed by atoms with Crippen molar-refractivity contribution in [2.45, 2.75) is 11.4 Å². The van der Waals surface area contributed by atoms with Crippen LogP contribution in [0.2, 0.25) is 5.02 Å². The Morgan fingerprint density at radius 1 is 0.958 bits per heavy atom. The van der Waals surface area contributed by atoms with Crippen molar-refractivity contribution in [1.29, 1.82) is 0 Å². The van der Waals surface area contributed by atoms with E-state index in [1.165, 1.54) is 12.1 Å². The third kappa shape index (κ3) is 3.79. The van der Waals surface area contributed by atoms with E-state index >= 15 is 0 Å². The molecule has 0 aliphatic heterocycles. The van der Waals surface area contributed by atoms with Crippen molar-refractivity contribution in [3.8, 4) is 11.3 Å². The molecule has 0 atom stereocenters. The maximum absolute atomic E-state index is 12.4. The van der Waals surface area contributed by atoms with Crippen LogP contribution in [0.4, 0.5) is 0 Å². The van der Waals surface area contributed by atoms with E-state index in [9.17, 15) is 8.42 Å². The van der Waals surface area contributed by atoms with Crippen LogP contribution in [0, 0.1) is 0 Å². The molecular weight excluding hydrogens is 346 g/mol. The third-order valence-electron chi connectivity index (χ3n) is 3.41. The van der Waals surface area contributed by atoms with Crippen molar-refractivity contribution in [2.75, 3.05) is 0 Å². The van der Waals surface area contributed by atoms with E-state index in [1.807, 2.05) is 0 Å².